The molecule has 0 bridgehead atoms. The summed E-state index contributed by atoms with van der Waals surface area (Å²) in [4.78, 5) is 50.7. The Morgan fingerprint density at radius 3 is 2.53 bits per heavy atom. The number of thiophene rings is 1. The van der Waals surface area contributed by atoms with E-state index in [4.69, 9.17) is 15.2 Å². The van der Waals surface area contributed by atoms with Gasteiger partial charge in [-0.2, -0.15) is 0 Å². The van der Waals surface area contributed by atoms with Crippen LogP contribution in [0.3, 0.4) is 0 Å². The summed E-state index contributed by atoms with van der Waals surface area (Å²) in [5, 5.41) is 0. The molecule has 0 fully saturated rings. The number of benzene rings is 1. The lowest BCUT2D eigenvalue weighted by Crippen LogP contribution is -2.42. The van der Waals surface area contributed by atoms with Crippen molar-refractivity contribution in [1.82, 2.24) is 9.13 Å². The van der Waals surface area contributed by atoms with Gasteiger partial charge in [0.05, 0.1) is 7.11 Å². The Morgan fingerprint density at radius 2 is 1.81 bits per heavy atom. The van der Waals surface area contributed by atoms with Crippen LogP contribution in [0.15, 0.2) is 33.9 Å². The normalized spacial score (nSPS) is 12.1. The number of Topliss-reactive ketones (excluding diaryl/α,β-unsaturated/α-hetero) is 1. The number of fused-ring (bicyclic) bond motifs is 3. The van der Waals surface area contributed by atoms with Crippen molar-refractivity contribution in [3.05, 3.63) is 66.7 Å². The van der Waals surface area contributed by atoms with Crippen LogP contribution in [0.2, 0.25) is 0 Å². The fourth-order valence-electron chi connectivity index (χ4n) is 3.73. The minimum atomic E-state index is -0.828. The second kappa shape index (κ2) is 8.12. The molecule has 0 spiro atoms. The molecular weight excluding hydrogens is 434 g/mol. The number of hydrogen-bond acceptors (Lipinski definition) is 8. The van der Waals surface area contributed by atoms with Gasteiger partial charge < -0.3 is 15.2 Å². The standard InChI is InChI=1S/C22H21N3O6S/c1-24-19(23)17(20(27)25(2)22(24)29)15(26)10-31-21(28)16-9-12-5-4-11-8-13(30-3)6-7-14(11)18(12)32-16/h6-9H,4-5,10,23H2,1-3H3. The number of aryl methyl sites for hydroxylation is 2. The second-order valence-corrected chi connectivity index (χ2v) is 8.51. The number of nitrogen functional groups attached to an aromatic ring is 1. The summed E-state index contributed by atoms with van der Waals surface area (Å²) in [5.74, 6) is -0.915. The van der Waals surface area contributed by atoms with E-state index in [1.165, 1.54) is 25.4 Å². The molecular formula is C22H21N3O6S. The van der Waals surface area contributed by atoms with Crippen LogP contribution in [-0.2, 0) is 31.7 Å². The quantitative estimate of drug-likeness (QED) is 0.457. The molecule has 3 aromatic rings. The van der Waals surface area contributed by atoms with Gasteiger partial charge in [-0.05, 0) is 53.8 Å². The number of nitrogens with zero attached hydrogens (tertiary/aromatic N) is 2. The Balaban J connectivity index is 1.54. The summed E-state index contributed by atoms with van der Waals surface area (Å²) in [6.07, 6.45) is 1.61. The molecule has 0 radical (unpaired) electrons. The lowest BCUT2D eigenvalue weighted by Gasteiger charge is -2.16. The van der Waals surface area contributed by atoms with E-state index in [0.29, 0.717) is 4.88 Å². The number of rotatable bonds is 5. The molecule has 0 unspecified atom stereocenters. The number of carbonyl (C=O) groups excluding carboxylic acids is 2. The molecule has 0 atom stereocenters. The van der Waals surface area contributed by atoms with Crippen LogP contribution in [0.25, 0.3) is 10.4 Å². The van der Waals surface area contributed by atoms with Crippen molar-refractivity contribution in [2.75, 3.05) is 19.5 Å². The Bertz CT molecular complexity index is 1380. The average molecular weight is 455 g/mol. The number of ketones is 1. The van der Waals surface area contributed by atoms with Gasteiger partial charge in [-0.1, -0.05) is 0 Å². The Labute approximate surface area is 186 Å². The molecule has 1 aliphatic rings. The zero-order chi connectivity index (χ0) is 23.2. The highest BCUT2D eigenvalue weighted by molar-refractivity contribution is 7.17. The first-order valence-electron chi connectivity index (χ1n) is 9.78. The molecule has 9 nitrogen and oxygen atoms in total. The molecule has 0 amide bonds. The fourth-order valence-corrected chi connectivity index (χ4v) is 4.90. The molecule has 10 heteroatoms. The predicted molar refractivity (Wildman–Crippen MR) is 120 cm³/mol. The topological polar surface area (TPSA) is 123 Å². The minimum Gasteiger partial charge on any atom is -0.497 e. The predicted octanol–water partition coefficient (Wildman–Crippen LogP) is 1.54. The summed E-state index contributed by atoms with van der Waals surface area (Å²) in [5.41, 5.74) is 7.17. The number of anilines is 1. The van der Waals surface area contributed by atoms with E-state index >= 15 is 0 Å². The number of carbonyl (C=O) groups is 2. The third-order valence-electron chi connectivity index (χ3n) is 5.55. The number of nitrogens with two attached hydrogens (primary N) is 1. The van der Waals surface area contributed by atoms with E-state index < -0.39 is 29.6 Å². The fraction of sp³-hybridized carbons (Fsp3) is 0.273. The van der Waals surface area contributed by atoms with Crippen LogP contribution in [0, 0.1) is 0 Å². The minimum absolute atomic E-state index is 0.266. The molecule has 0 aliphatic heterocycles. The highest BCUT2D eigenvalue weighted by Gasteiger charge is 2.25. The van der Waals surface area contributed by atoms with Crippen LogP contribution in [-0.4, -0.2) is 34.6 Å². The van der Waals surface area contributed by atoms with E-state index in [-0.39, 0.29) is 11.4 Å². The number of hydrogen-bond donors (Lipinski definition) is 1. The van der Waals surface area contributed by atoms with Gasteiger partial charge in [-0.25, -0.2) is 9.59 Å². The summed E-state index contributed by atoms with van der Waals surface area (Å²) in [7, 11) is 4.22. The summed E-state index contributed by atoms with van der Waals surface area (Å²) < 4.78 is 12.2. The third kappa shape index (κ3) is 3.52. The maximum Gasteiger partial charge on any atom is 0.348 e. The largest absolute Gasteiger partial charge is 0.497 e. The van der Waals surface area contributed by atoms with Crippen molar-refractivity contribution < 1.29 is 19.1 Å². The molecule has 32 heavy (non-hydrogen) atoms. The van der Waals surface area contributed by atoms with Gasteiger partial charge in [0.15, 0.2) is 6.61 Å². The Hall–Kier alpha value is -3.66. The zero-order valence-electron chi connectivity index (χ0n) is 17.8. The zero-order valence-corrected chi connectivity index (χ0v) is 18.6. The maximum absolute atomic E-state index is 12.6. The molecule has 166 valence electrons. The van der Waals surface area contributed by atoms with Crippen LogP contribution in [0.4, 0.5) is 5.82 Å². The SMILES string of the molecule is COc1ccc2c(c1)CCc1cc(C(=O)OCC(=O)c3c(N)n(C)c(=O)n(C)c3=O)sc1-2. The first-order valence-corrected chi connectivity index (χ1v) is 10.6. The number of esters is 1. The van der Waals surface area contributed by atoms with E-state index in [1.807, 2.05) is 18.2 Å². The molecule has 4 rings (SSSR count). The third-order valence-corrected chi connectivity index (χ3v) is 6.74. The van der Waals surface area contributed by atoms with E-state index in [2.05, 4.69) is 0 Å². The van der Waals surface area contributed by atoms with Crippen molar-refractivity contribution in [2.24, 2.45) is 14.1 Å². The van der Waals surface area contributed by atoms with E-state index in [9.17, 15) is 19.2 Å². The first kappa shape index (κ1) is 21.6. The molecule has 1 aromatic carbocycles. The summed E-state index contributed by atoms with van der Waals surface area (Å²) in [6.45, 7) is -0.660. The summed E-state index contributed by atoms with van der Waals surface area (Å²) in [6, 6.07) is 7.62. The molecule has 2 N–H and O–H groups in total. The van der Waals surface area contributed by atoms with E-state index in [1.54, 1.807) is 13.2 Å². The van der Waals surface area contributed by atoms with Gasteiger partial charge in [0.1, 0.15) is 22.0 Å². The maximum atomic E-state index is 12.6. The first-order chi connectivity index (χ1) is 15.2. The smallest absolute Gasteiger partial charge is 0.348 e. The highest BCUT2D eigenvalue weighted by Crippen LogP contribution is 2.41. The van der Waals surface area contributed by atoms with E-state index in [0.717, 1.165) is 49.3 Å². The van der Waals surface area contributed by atoms with Crippen LogP contribution >= 0.6 is 11.3 Å². The van der Waals surface area contributed by atoms with Crippen molar-refractivity contribution in [1.29, 1.82) is 0 Å². The Kier molecular flexibility index (Phi) is 5.47. The lowest BCUT2D eigenvalue weighted by molar-refractivity contribution is 0.0479. The van der Waals surface area contributed by atoms with Crippen molar-refractivity contribution in [3.8, 4) is 16.2 Å². The molecule has 0 saturated carbocycles. The highest BCUT2D eigenvalue weighted by atomic mass is 32.1. The monoisotopic (exact) mass is 455 g/mol. The lowest BCUT2D eigenvalue weighted by atomic mass is 9.91. The van der Waals surface area contributed by atoms with Crippen LogP contribution in [0.5, 0.6) is 5.75 Å². The second-order valence-electron chi connectivity index (χ2n) is 7.45. The van der Waals surface area contributed by atoms with Gasteiger partial charge in [0.25, 0.3) is 5.56 Å². The molecule has 2 heterocycles. The summed E-state index contributed by atoms with van der Waals surface area (Å²) >= 11 is 1.30. The van der Waals surface area contributed by atoms with Gasteiger partial charge in [0.2, 0.25) is 5.78 Å². The van der Waals surface area contributed by atoms with Crippen molar-refractivity contribution >= 4 is 28.9 Å². The van der Waals surface area contributed by atoms with Gasteiger partial charge in [-0.3, -0.25) is 18.7 Å². The Morgan fingerprint density at radius 1 is 1.09 bits per heavy atom. The van der Waals surface area contributed by atoms with Crippen LogP contribution < -0.4 is 21.7 Å². The molecule has 0 saturated heterocycles. The molecule has 1 aliphatic carbocycles. The van der Waals surface area contributed by atoms with Crippen molar-refractivity contribution in [2.45, 2.75) is 12.8 Å². The average Bonchev–Trinajstić information content (AvgIpc) is 3.24. The van der Waals surface area contributed by atoms with Crippen LogP contribution in [0.1, 0.15) is 31.2 Å². The van der Waals surface area contributed by atoms with Crippen molar-refractivity contribution in [3.63, 3.8) is 0 Å². The number of methoxy groups -OCH3 is 1. The number of ether oxygens (including phenoxy) is 2. The van der Waals surface area contributed by atoms with Gasteiger partial charge >= 0.3 is 11.7 Å². The number of aromatic nitrogens is 2. The molecule has 2 aromatic heterocycles. The van der Waals surface area contributed by atoms with Gasteiger partial charge in [-0.15, -0.1) is 11.3 Å². The van der Waals surface area contributed by atoms with Gasteiger partial charge in [0, 0.05) is 19.0 Å².